The van der Waals surface area contributed by atoms with Crippen LogP contribution in [-0.4, -0.2) is 44.4 Å². The van der Waals surface area contributed by atoms with Gasteiger partial charge in [0.2, 0.25) is 0 Å². The van der Waals surface area contributed by atoms with Crippen LogP contribution in [0.3, 0.4) is 0 Å². The predicted octanol–water partition coefficient (Wildman–Crippen LogP) is 5.71. The number of methoxy groups -OCH3 is 1. The maximum absolute atomic E-state index is 10.5. The second kappa shape index (κ2) is 13.1. The van der Waals surface area contributed by atoms with E-state index in [9.17, 15) is 5.26 Å². The smallest absolute Gasteiger partial charge is 0.119 e. The highest BCUT2D eigenvalue weighted by molar-refractivity contribution is 5.35. The molecule has 1 heterocycles. The van der Waals surface area contributed by atoms with Crippen LogP contribution in [0.4, 0.5) is 0 Å². The minimum Gasteiger partial charge on any atom is -0.494 e. The lowest BCUT2D eigenvalue weighted by molar-refractivity contribution is 0.0511. The monoisotopic (exact) mass is 459 g/mol. The maximum Gasteiger partial charge on any atom is 0.119 e. The lowest BCUT2D eigenvalue weighted by Crippen LogP contribution is -2.45. The SMILES string of the molecule is CCCC(CC(C#N)(c1ccccc1)C1CCN(CCCOc2ccc(C#N)cc2)CC1)OC. The van der Waals surface area contributed by atoms with Crippen molar-refractivity contribution in [2.24, 2.45) is 5.92 Å². The number of hydrogen-bond donors (Lipinski definition) is 0. The van der Waals surface area contributed by atoms with Crippen LogP contribution in [0, 0.1) is 28.6 Å². The first-order valence-corrected chi connectivity index (χ1v) is 12.5. The molecule has 2 unspecified atom stereocenters. The highest BCUT2D eigenvalue weighted by atomic mass is 16.5. The second-order valence-corrected chi connectivity index (χ2v) is 9.25. The normalized spacial score (nSPS) is 17.3. The van der Waals surface area contributed by atoms with Crippen molar-refractivity contribution in [1.29, 1.82) is 10.5 Å². The quantitative estimate of drug-likeness (QED) is 0.381. The molecular formula is C29H37N3O2. The maximum atomic E-state index is 10.5. The Morgan fingerprint density at radius 2 is 1.76 bits per heavy atom. The fourth-order valence-electron chi connectivity index (χ4n) is 5.19. The molecule has 1 aliphatic rings. The summed E-state index contributed by atoms with van der Waals surface area (Å²) in [5.41, 5.74) is 1.26. The molecule has 0 aliphatic carbocycles. The van der Waals surface area contributed by atoms with Crippen LogP contribution in [-0.2, 0) is 10.2 Å². The lowest BCUT2D eigenvalue weighted by Gasteiger charge is -2.42. The van der Waals surface area contributed by atoms with E-state index in [4.69, 9.17) is 14.7 Å². The van der Waals surface area contributed by atoms with Crippen molar-refractivity contribution in [3.63, 3.8) is 0 Å². The van der Waals surface area contributed by atoms with Crippen LogP contribution < -0.4 is 4.74 Å². The van der Waals surface area contributed by atoms with Crippen LogP contribution in [0.2, 0.25) is 0 Å². The summed E-state index contributed by atoms with van der Waals surface area (Å²) in [5.74, 6) is 1.12. The lowest BCUT2D eigenvalue weighted by atomic mass is 9.64. The molecule has 5 heteroatoms. The molecule has 180 valence electrons. The molecule has 0 N–H and O–H groups in total. The Bertz CT molecular complexity index is 940. The van der Waals surface area contributed by atoms with Crippen LogP contribution in [0.15, 0.2) is 54.6 Å². The molecular weight excluding hydrogens is 422 g/mol. The van der Waals surface area contributed by atoms with Crippen LogP contribution >= 0.6 is 0 Å². The third-order valence-corrected chi connectivity index (χ3v) is 7.14. The Hall–Kier alpha value is -2.86. The summed E-state index contributed by atoms with van der Waals surface area (Å²) in [6.07, 6.45) is 5.86. The highest BCUT2D eigenvalue weighted by Crippen LogP contribution is 2.43. The molecule has 2 atom stereocenters. The largest absolute Gasteiger partial charge is 0.494 e. The number of rotatable bonds is 12. The van der Waals surface area contributed by atoms with Gasteiger partial charge in [-0.05, 0) is 80.9 Å². The molecule has 1 saturated heterocycles. The van der Waals surface area contributed by atoms with Crippen LogP contribution in [0.25, 0.3) is 0 Å². The number of nitriles is 2. The Labute approximate surface area is 204 Å². The molecule has 0 radical (unpaired) electrons. The molecule has 0 spiro atoms. The number of ether oxygens (including phenoxy) is 2. The Morgan fingerprint density at radius 3 is 2.35 bits per heavy atom. The van der Waals surface area contributed by atoms with Gasteiger partial charge in [0, 0.05) is 13.7 Å². The zero-order chi connectivity index (χ0) is 24.2. The first kappa shape index (κ1) is 25.8. The van der Waals surface area contributed by atoms with Crippen molar-refractivity contribution in [2.45, 2.75) is 57.0 Å². The molecule has 0 bridgehead atoms. The fraction of sp³-hybridized carbons (Fsp3) is 0.517. The molecule has 2 aromatic rings. The van der Waals surface area contributed by atoms with E-state index < -0.39 is 5.41 Å². The number of hydrogen-bond acceptors (Lipinski definition) is 5. The number of piperidine rings is 1. The molecule has 5 nitrogen and oxygen atoms in total. The van der Waals surface area contributed by atoms with Gasteiger partial charge in [0.05, 0.1) is 35.8 Å². The molecule has 1 aliphatic heterocycles. The second-order valence-electron chi connectivity index (χ2n) is 9.25. The molecule has 2 aromatic carbocycles. The molecule has 3 rings (SSSR count). The van der Waals surface area contributed by atoms with Gasteiger partial charge in [0.1, 0.15) is 5.75 Å². The van der Waals surface area contributed by atoms with Crippen LogP contribution in [0.1, 0.15) is 56.6 Å². The van der Waals surface area contributed by atoms with E-state index in [1.165, 1.54) is 0 Å². The predicted molar refractivity (Wildman–Crippen MR) is 134 cm³/mol. The summed E-state index contributed by atoms with van der Waals surface area (Å²) in [7, 11) is 1.77. The molecule has 1 fully saturated rings. The zero-order valence-electron chi connectivity index (χ0n) is 20.6. The number of benzene rings is 2. The molecule has 0 saturated carbocycles. The van der Waals surface area contributed by atoms with E-state index >= 15 is 0 Å². The van der Waals surface area contributed by atoms with E-state index in [0.717, 1.165) is 69.5 Å². The third kappa shape index (κ3) is 6.60. The zero-order valence-corrected chi connectivity index (χ0v) is 20.6. The Kier molecular flexibility index (Phi) is 9.95. The van der Waals surface area contributed by atoms with Gasteiger partial charge in [0.25, 0.3) is 0 Å². The van der Waals surface area contributed by atoms with E-state index in [1.807, 2.05) is 30.3 Å². The topological polar surface area (TPSA) is 69.3 Å². The summed E-state index contributed by atoms with van der Waals surface area (Å²) in [6, 6.07) is 22.5. The van der Waals surface area contributed by atoms with Crippen molar-refractivity contribution in [1.82, 2.24) is 4.90 Å². The molecule has 34 heavy (non-hydrogen) atoms. The van der Waals surface area contributed by atoms with Crippen molar-refractivity contribution in [2.75, 3.05) is 33.4 Å². The summed E-state index contributed by atoms with van der Waals surface area (Å²) in [5, 5.41) is 19.4. The Balaban J connectivity index is 1.56. The van der Waals surface area contributed by atoms with Crippen LogP contribution in [0.5, 0.6) is 5.75 Å². The van der Waals surface area contributed by atoms with Crippen molar-refractivity contribution < 1.29 is 9.47 Å². The van der Waals surface area contributed by atoms with E-state index in [0.29, 0.717) is 18.1 Å². The van der Waals surface area contributed by atoms with Gasteiger partial charge in [-0.25, -0.2) is 0 Å². The van der Waals surface area contributed by atoms with Gasteiger partial charge in [0.15, 0.2) is 0 Å². The first-order chi connectivity index (χ1) is 16.6. The molecule has 0 amide bonds. The minimum atomic E-state index is -0.512. The summed E-state index contributed by atoms with van der Waals surface area (Å²) < 4.78 is 11.6. The molecule has 0 aromatic heterocycles. The number of nitrogens with zero attached hydrogens (tertiary/aromatic N) is 3. The van der Waals surface area contributed by atoms with Crippen molar-refractivity contribution in [3.05, 3.63) is 65.7 Å². The average Bonchev–Trinajstić information content (AvgIpc) is 2.90. The Morgan fingerprint density at radius 1 is 1.06 bits per heavy atom. The third-order valence-electron chi connectivity index (χ3n) is 7.14. The van der Waals surface area contributed by atoms with Gasteiger partial charge in [-0.2, -0.15) is 10.5 Å². The summed E-state index contributed by atoms with van der Waals surface area (Å²) >= 11 is 0. The van der Waals surface area contributed by atoms with Gasteiger partial charge in [-0.15, -0.1) is 0 Å². The van der Waals surface area contributed by atoms with Gasteiger partial charge in [-0.1, -0.05) is 43.7 Å². The fourth-order valence-corrected chi connectivity index (χ4v) is 5.19. The van der Waals surface area contributed by atoms with Gasteiger partial charge < -0.3 is 14.4 Å². The van der Waals surface area contributed by atoms with E-state index in [1.54, 1.807) is 19.2 Å². The minimum absolute atomic E-state index is 0.0993. The van der Waals surface area contributed by atoms with Crippen molar-refractivity contribution >= 4 is 0 Å². The number of likely N-dealkylation sites (tertiary alicyclic amines) is 1. The standard InChI is InChI=1S/C29H37N3O2/c1-3-8-28(33-2)21-29(23-31,25-9-5-4-6-10-25)26-15-18-32(19-16-26)17-7-20-34-27-13-11-24(22-30)12-14-27/h4-6,9-14,26,28H,3,7-8,15-21H2,1-2H3. The first-order valence-electron chi connectivity index (χ1n) is 12.5. The van der Waals surface area contributed by atoms with Gasteiger partial charge in [-0.3, -0.25) is 0 Å². The average molecular weight is 460 g/mol. The highest BCUT2D eigenvalue weighted by Gasteiger charge is 2.43. The van der Waals surface area contributed by atoms with Crippen molar-refractivity contribution in [3.8, 4) is 17.9 Å². The van der Waals surface area contributed by atoms with E-state index in [-0.39, 0.29) is 6.10 Å². The van der Waals surface area contributed by atoms with Gasteiger partial charge >= 0.3 is 0 Å². The summed E-state index contributed by atoms with van der Waals surface area (Å²) in [4.78, 5) is 2.49. The van der Waals surface area contributed by atoms with E-state index in [2.05, 4.69) is 36.1 Å². The summed E-state index contributed by atoms with van der Waals surface area (Å²) in [6.45, 7) is 5.83.